The highest BCUT2D eigenvalue weighted by atomic mass is 16.4. The van der Waals surface area contributed by atoms with Crippen LogP contribution >= 0.6 is 0 Å². The van der Waals surface area contributed by atoms with E-state index in [1.165, 1.54) is 0 Å². The van der Waals surface area contributed by atoms with Gasteiger partial charge in [-0.2, -0.15) is 5.10 Å². The van der Waals surface area contributed by atoms with Gasteiger partial charge in [-0.1, -0.05) is 13.0 Å². The number of aromatic carboxylic acids is 1. The fourth-order valence-electron chi connectivity index (χ4n) is 3.70. The number of carbonyl (C=O) groups is 2. The number of aromatic nitrogens is 2. The molecule has 0 spiro atoms. The number of carboxylic acids is 1. The molecule has 1 N–H and O–H groups in total. The number of carboxylic acid groups (broad SMARTS) is 1. The van der Waals surface area contributed by atoms with E-state index in [0.29, 0.717) is 19.5 Å². The van der Waals surface area contributed by atoms with Crippen molar-refractivity contribution in [3.8, 4) is 0 Å². The van der Waals surface area contributed by atoms with Crippen LogP contribution in [0.1, 0.15) is 45.4 Å². The molecule has 0 fully saturated rings. The van der Waals surface area contributed by atoms with Crippen molar-refractivity contribution in [2.75, 3.05) is 6.54 Å². The Morgan fingerprint density at radius 2 is 2.00 bits per heavy atom. The van der Waals surface area contributed by atoms with Crippen molar-refractivity contribution < 1.29 is 14.7 Å². The molecule has 0 saturated heterocycles. The molecule has 0 aliphatic carbocycles. The van der Waals surface area contributed by atoms with E-state index in [9.17, 15) is 14.7 Å². The van der Waals surface area contributed by atoms with Gasteiger partial charge in [0.2, 0.25) is 5.91 Å². The summed E-state index contributed by atoms with van der Waals surface area (Å²) in [5, 5.41) is 13.6. The number of nitrogens with zero attached hydrogens (tertiary/aromatic N) is 3. The fourth-order valence-corrected chi connectivity index (χ4v) is 3.70. The minimum atomic E-state index is -0.938. The summed E-state index contributed by atoms with van der Waals surface area (Å²) in [5.41, 5.74) is 5.54. The predicted molar refractivity (Wildman–Crippen MR) is 98.1 cm³/mol. The summed E-state index contributed by atoms with van der Waals surface area (Å²) in [6, 6.07) is 5.19. The third kappa shape index (κ3) is 3.36. The zero-order chi connectivity index (χ0) is 19.0. The fraction of sp³-hybridized carbons (Fsp3) is 0.450. The average molecular weight is 355 g/mol. The Morgan fingerprint density at radius 3 is 2.62 bits per heavy atom. The summed E-state index contributed by atoms with van der Waals surface area (Å²) in [7, 11) is 1.92. The number of benzene rings is 1. The van der Waals surface area contributed by atoms with Crippen molar-refractivity contribution in [1.82, 2.24) is 14.7 Å². The molecule has 2 heterocycles. The molecule has 0 radical (unpaired) electrons. The largest absolute Gasteiger partial charge is 0.478 e. The van der Waals surface area contributed by atoms with Gasteiger partial charge in [-0.15, -0.1) is 0 Å². The van der Waals surface area contributed by atoms with E-state index in [1.807, 2.05) is 43.5 Å². The maximum Gasteiger partial charge on any atom is 0.335 e. The van der Waals surface area contributed by atoms with Crippen molar-refractivity contribution in [3.05, 3.63) is 51.8 Å². The summed E-state index contributed by atoms with van der Waals surface area (Å²) in [4.78, 5) is 26.0. The Kier molecular flexibility index (Phi) is 4.85. The van der Waals surface area contributed by atoms with Gasteiger partial charge in [0.1, 0.15) is 0 Å². The van der Waals surface area contributed by atoms with Crippen LogP contribution in [0.4, 0.5) is 0 Å². The molecule has 6 heteroatoms. The van der Waals surface area contributed by atoms with Gasteiger partial charge in [0.25, 0.3) is 0 Å². The van der Waals surface area contributed by atoms with Crippen molar-refractivity contribution in [1.29, 1.82) is 0 Å². The lowest BCUT2D eigenvalue weighted by Crippen LogP contribution is -2.39. The molecule has 1 unspecified atom stereocenters. The second kappa shape index (κ2) is 6.94. The van der Waals surface area contributed by atoms with E-state index < -0.39 is 5.97 Å². The molecule has 6 nitrogen and oxygen atoms in total. The monoisotopic (exact) mass is 355 g/mol. The number of carbonyl (C=O) groups excluding carboxylic acids is 1. The number of hydrogen-bond donors (Lipinski definition) is 1. The molecule has 3 rings (SSSR count). The third-order valence-corrected chi connectivity index (χ3v) is 5.37. The van der Waals surface area contributed by atoms with Gasteiger partial charge < -0.3 is 10.0 Å². The Labute approximate surface area is 153 Å². The smallest absolute Gasteiger partial charge is 0.335 e. The average Bonchev–Trinajstić information content (AvgIpc) is 2.86. The molecule has 1 aliphatic rings. The molecule has 1 amide bonds. The van der Waals surface area contributed by atoms with Crippen LogP contribution in [0.3, 0.4) is 0 Å². The molecular formula is C20H25N3O3. The number of amides is 1. The molecule has 1 atom stereocenters. The maximum atomic E-state index is 12.9. The van der Waals surface area contributed by atoms with E-state index in [1.54, 1.807) is 12.1 Å². The normalized spacial score (nSPS) is 14.8. The van der Waals surface area contributed by atoms with Crippen LogP contribution in [0.2, 0.25) is 0 Å². The van der Waals surface area contributed by atoms with Gasteiger partial charge in [-0.25, -0.2) is 4.79 Å². The van der Waals surface area contributed by atoms with Crippen LogP contribution in [0, 0.1) is 19.8 Å². The van der Waals surface area contributed by atoms with Gasteiger partial charge in [-0.3, -0.25) is 9.48 Å². The van der Waals surface area contributed by atoms with Crippen molar-refractivity contribution in [2.24, 2.45) is 13.0 Å². The third-order valence-electron chi connectivity index (χ3n) is 5.37. The Morgan fingerprint density at radius 1 is 1.27 bits per heavy atom. The zero-order valence-corrected chi connectivity index (χ0v) is 15.7. The second-order valence-corrected chi connectivity index (χ2v) is 7.18. The van der Waals surface area contributed by atoms with E-state index >= 15 is 0 Å². The lowest BCUT2D eigenvalue weighted by molar-refractivity contribution is -0.135. The summed E-state index contributed by atoms with van der Waals surface area (Å²) in [6.45, 7) is 7.11. The molecule has 138 valence electrons. The van der Waals surface area contributed by atoms with Gasteiger partial charge >= 0.3 is 5.97 Å². The number of hydrogen-bond acceptors (Lipinski definition) is 3. The Balaban J connectivity index is 1.74. The first-order chi connectivity index (χ1) is 12.3. The van der Waals surface area contributed by atoms with Crippen molar-refractivity contribution in [2.45, 2.75) is 40.2 Å². The van der Waals surface area contributed by atoms with Crippen LogP contribution in [0.25, 0.3) is 0 Å². The number of rotatable bonds is 4. The SMILES string of the molecule is Cc1nn(C)c(C)c1CC(C)C(=O)N1CCc2ccc(C(=O)O)cc2C1. The van der Waals surface area contributed by atoms with Crippen molar-refractivity contribution >= 4 is 11.9 Å². The molecule has 0 bridgehead atoms. The van der Waals surface area contributed by atoms with Crippen LogP contribution in [0.15, 0.2) is 18.2 Å². The summed E-state index contributed by atoms with van der Waals surface area (Å²) < 4.78 is 1.85. The number of fused-ring (bicyclic) bond motifs is 1. The lowest BCUT2D eigenvalue weighted by Gasteiger charge is -2.31. The number of aryl methyl sites for hydroxylation is 2. The quantitative estimate of drug-likeness (QED) is 0.914. The highest BCUT2D eigenvalue weighted by molar-refractivity contribution is 5.88. The first-order valence-corrected chi connectivity index (χ1v) is 8.91. The minimum Gasteiger partial charge on any atom is -0.478 e. The zero-order valence-electron chi connectivity index (χ0n) is 15.7. The van der Waals surface area contributed by atoms with Crippen molar-refractivity contribution in [3.63, 3.8) is 0 Å². The Bertz CT molecular complexity index is 869. The molecule has 2 aromatic rings. The first kappa shape index (κ1) is 18.2. The van der Waals surface area contributed by atoms with E-state index in [2.05, 4.69) is 5.10 Å². The van der Waals surface area contributed by atoms with E-state index in [-0.39, 0.29) is 17.4 Å². The summed E-state index contributed by atoms with van der Waals surface area (Å²) in [5.74, 6) is -0.966. The topological polar surface area (TPSA) is 75.4 Å². The summed E-state index contributed by atoms with van der Waals surface area (Å²) in [6.07, 6.45) is 1.43. The predicted octanol–water partition coefficient (Wildman–Crippen LogP) is 2.50. The Hall–Kier alpha value is -2.63. The van der Waals surface area contributed by atoms with Gasteiger partial charge in [0, 0.05) is 31.7 Å². The highest BCUT2D eigenvalue weighted by Gasteiger charge is 2.26. The van der Waals surface area contributed by atoms with E-state index in [0.717, 1.165) is 34.5 Å². The molecule has 1 aliphatic heterocycles. The first-order valence-electron chi connectivity index (χ1n) is 8.91. The minimum absolute atomic E-state index is 0.110. The van der Waals surface area contributed by atoms with E-state index in [4.69, 9.17) is 0 Å². The van der Waals surface area contributed by atoms with Gasteiger partial charge in [0.15, 0.2) is 0 Å². The molecule has 0 saturated carbocycles. The van der Waals surface area contributed by atoms with Crippen LogP contribution in [-0.2, 0) is 31.2 Å². The van der Waals surface area contributed by atoms with Gasteiger partial charge in [0.05, 0.1) is 11.3 Å². The van der Waals surface area contributed by atoms with Crippen LogP contribution in [-0.4, -0.2) is 38.2 Å². The molecule has 26 heavy (non-hydrogen) atoms. The molecule has 1 aromatic heterocycles. The maximum absolute atomic E-state index is 12.9. The molecule has 1 aromatic carbocycles. The summed E-state index contributed by atoms with van der Waals surface area (Å²) >= 11 is 0. The van der Waals surface area contributed by atoms with Crippen LogP contribution < -0.4 is 0 Å². The second-order valence-electron chi connectivity index (χ2n) is 7.18. The lowest BCUT2D eigenvalue weighted by atomic mass is 9.94. The highest BCUT2D eigenvalue weighted by Crippen LogP contribution is 2.24. The van der Waals surface area contributed by atoms with Crippen LogP contribution in [0.5, 0.6) is 0 Å². The van der Waals surface area contributed by atoms with Gasteiger partial charge in [-0.05, 0) is 55.5 Å². The standard InChI is InChI=1S/C20H25N3O3/c1-12(9-18-13(2)21-22(4)14(18)3)19(24)23-8-7-15-5-6-16(20(25)26)10-17(15)11-23/h5-6,10,12H,7-9,11H2,1-4H3,(H,25,26). The molecular weight excluding hydrogens is 330 g/mol.